The number of piperidine rings is 2. The molecule has 12 heteroatoms. The number of carbonyl (C=O) groups excluding carboxylic acids is 1. The van der Waals surface area contributed by atoms with Crippen molar-refractivity contribution in [2.75, 3.05) is 36.8 Å². The van der Waals surface area contributed by atoms with Gasteiger partial charge >= 0.3 is 0 Å². The molecule has 2 aliphatic rings. The van der Waals surface area contributed by atoms with Crippen LogP contribution in [0.25, 0.3) is 0 Å². The lowest BCUT2D eigenvalue weighted by Crippen LogP contribution is -2.64. The minimum Gasteiger partial charge on any atom is -0.368 e. The molecule has 4 N–H and O–H groups in total. The number of thiocarbonyl (C=S) groups is 1. The van der Waals surface area contributed by atoms with E-state index in [-0.39, 0.29) is 11.0 Å². The number of likely N-dealkylation sites (tertiary alicyclic amines) is 2. The minimum absolute atomic E-state index is 0.207. The first-order valence-corrected chi connectivity index (χ1v) is 13.6. The summed E-state index contributed by atoms with van der Waals surface area (Å²) < 4.78 is 0. The highest BCUT2D eigenvalue weighted by molar-refractivity contribution is 7.80. The van der Waals surface area contributed by atoms with Crippen molar-refractivity contribution < 1.29 is 4.79 Å². The molecule has 1 aromatic carbocycles. The number of hydrogen-bond acceptors (Lipinski definition) is 5. The number of primary amides is 1. The van der Waals surface area contributed by atoms with E-state index in [1.54, 1.807) is 18.2 Å². The molecule has 37 heavy (non-hydrogen) atoms. The molecule has 2 fully saturated rings. The second kappa shape index (κ2) is 11.9. The maximum Gasteiger partial charge on any atom is 0.238 e. The van der Waals surface area contributed by atoms with E-state index in [0.717, 1.165) is 37.3 Å². The average Bonchev–Trinajstić information content (AvgIpc) is 2.85. The van der Waals surface area contributed by atoms with Crippen LogP contribution in [0.1, 0.15) is 43.5 Å². The number of nitrogens with one attached hydrogen (secondary N) is 2. The Hall–Kier alpha value is -2.53. The third-order valence-corrected chi connectivity index (χ3v) is 7.64. The predicted molar refractivity (Wildman–Crippen MR) is 153 cm³/mol. The molecule has 2 saturated heterocycles. The summed E-state index contributed by atoms with van der Waals surface area (Å²) in [6.45, 7) is 6.75. The molecule has 0 spiro atoms. The van der Waals surface area contributed by atoms with Crippen molar-refractivity contribution in [3.05, 3.63) is 45.7 Å². The van der Waals surface area contributed by atoms with Gasteiger partial charge in [0, 0.05) is 29.5 Å². The number of rotatable bonds is 4. The molecule has 3 heterocycles. The molecule has 0 radical (unpaired) electrons. The van der Waals surface area contributed by atoms with Crippen molar-refractivity contribution in [3.63, 3.8) is 0 Å². The third-order valence-electron chi connectivity index (χ3n) is 6.90. The lowest BCUT2D eigenvalue weighted by molar-refractivity contribution is -0.134. The number of anilines is 2. The number of hydrogen-bond donors (Lipinski definition) is 3. The number of benzene rings is 1. The van der Waals surface area contributed by atoms with Gasteiger partial charge in [0.25, 0.3) is 0 Å². The number of carbonyl (C=O) groups is 1. The van der Waals surface area contributed by atoms with Crippen molar-refractivity contribution in [1.82, 2.24) is 19.8 Å². The Kier molecular flexibility index (Phi) is 8.84. The van der Waals surface area contributed by atoms with Gasteiger partial charge < -0.3 is 16.0 Å². The number of guanidine groups is 1. The van der Waals surface area contributed by atoms with Crippen LogP contribution in [0.4, 0.5) is 11.6 Å². The molecule has 9 nitrogen and oxygen atoms in total. The van der Waals surface area contributed by atoms with E-state index in [1.165, 1.54) is 6.42 Å². The maximum atomic E-state index is 12.7. The van der Waals surface area contributed by atoms with Crippen LogP contribution in [0.5, 0.6) is 0 Å². The molecule has 0 bridgehead atoms. The largest absolute Gasteiger partial charge is 0.368 e. The smallest absolute Gasteiger partial charge is 0.238 e. The summed E-state index contributed by atoms with van der Waals surface area (Å²) in [4.78, 5) is 30.7. The van der Waals surface area contributed by atoms with E-state index >= 15 is 0 Å². The number of aromatic nitrogens is 2. The van der Waals surface area contributed by atoms with Crippen LogP contribution in [-0.2, 0) is 4.79 Å². The molecule has 1 amide bonds. The molecule has 4 rings (SSSR count). The van der Waals surface area contributed by atoms with Gasteiger partial charge in [-0.3, -0.25) is 15.0 Å². The Morgan fingerprint density at radius 3 is 2.27 bits per heavy atom. The Morgan fingerprint density at radius 1 is 1.03 bits per heavy atom. The van der Waals surface area contributed by atoms with Crippen molar-refractivity contribution in [2.45, 2.75) is 51.5 Å². The number of amides is 1. The number of aryl methyl sites for hydroxylation is 2. The summed E-state index contributed by atoms with van der Waals surface area (Å²) in [6.07, 6.45) is 4.56. The number of aliphatic imine (C=N–C) groups is 1. The Bertz CT molecular complexity index is 1170. The van der Waals surface area contributed by atoms with Crippen molar-refractivity contribution in [2.24, 2.45) is 10.7 Å². The normalized spacial score (nSPS) is 18.4. The summed E-state index contributed by atoms with van der Waals surface area (Å²) in [7, 11) is 0. The van der Waals surface area contributed by atoms with Crippen LogP contribution in [0.2, 0.25) is 10.0 Å². The van der Waals surface area contributed by atoms with Gasteiger partial charge in [0.2, 0.25) is 22.9 Å². The molecular formula is C25H32Cl2N8OS. The second-order valence-corrected chi connectivity index (χ2v) is 10.7. The lowest BCUT2D eigenvalue weighted by atomic mass is 9.83. The SMILES string of the molecule is Cc1cc(C)nc(N/C(=N/C(=S)Nc2ccc(Cl)cc2Cl)N2CCC(C(N)=O)(N3CCCCC3)CC2)n1. The fraction of sp³-hybridized carbons (Fsp3) is 0.480. The van der Waals surface area contributed by atoms with Gasteiger partial charge in [0.15, 0.2) is 0 Å². The summed E-state index contributed by atoms with van der Waals surface area (Å²) in [6, 6.07) is 7.00. The summed E-state index contributed by atoms with van der Waals surface area (Å²) in [5.74, 6) is 0.656. The highest BCUT2D eigenvalue weighted by Crippen LogP contribution is 2.32. The zero-order chi connectivity index (χ0) is 26.6. The Morgan fingerprint density at radius 2 is 1.68 bits per heavy atom. The fourth-order valence-electron chi connectivity index (χ4n) is 5.02. The maximum absolute atomic E-state index is 12.7. The molecule has 0 atom stereocenters. The van der Waals surface area contributed by atoms with Crippen LogP contribution in [-0.4, -0.2) is 68.5 Å². The summed E-state index contributed by atoms with van der Waals surface area (Å²) in [5, 5.41) is 7.48. The first-order valence-electron chi connectivity index (χ1n) is 12.4. The summed E-state index contributed by atoms with van der Waals surface area (Å²) in [5.41, 5.74) is 7.60. The quantitative estimate of drug-likeness (QED) is 0.286. The summed E-state index contributed by atoms with van der Waals surface area (Å²) >= 11 is 17.9. The molecule has 0 unspecified atom stereocenters. The van der Waals surface area contributed by atoms with Gasteiger partial charge in [0.1, 0.15) is 5.54 Å². The average molecular weight is 564 g/mol. The minimum atomic E-state index is -0.645. The number of nitrogens with two attached hydrogens (primary N) is 1. The van der Waals surface area contributed by atoms with Gasteiger partial charge in [-0.25, -0.2) is 9.97 Å². The van der Waals surface area contributed by atoms with Crippen molar-refractivity contribution in [3.8, 4) is 0 Å². The van der Waals surface area contributed by atoms with Gasteiger partial charge in [-0.2, -0.15) is 4.99 Å². The zero-order valence-corrected chi connectivity index (χ0v) is 23.4. The van der Waals surface area contributed by atoms with E-state index in [9.17, 15) is 4.79 Å². The van der Waals surface area contributed by atoms with Crippen LogP contribution in [0.3, 0.4) is 0 Å². The van der Waals surface area contributed by atoms with Crippen LogP contribution < -0.4 is 16.4 Å². The highest BCUT2D eigenvalue weighted by Gasteiger charge is 2.45. The molecule has 0 aliphatic carbocycles. The lowest BCUT2D eigenvalue weighted by Gasteiger charge is -2.48. The van der Waals surface area contributed by atoms with E-state index in [4.69, 9.17) is 41.2 Å². The molecule has 1 aromatic heterocycles. The molecule has 2 aliphatic heterocycles. The third kappa shape index (κ3) is 6.67. The van der Waals surface area contributed by atoms with Crippen LogP contribution in [0, 0.1) is 13.8 Å². The molecule has 2 aromatic rings. The molecular weight excluding hydrogens is 531 g/mol. The number of nitrogens with zero attached hydrogens (tertiary/aromatic N) is 5. The topological polar surface area (TPSA) is 112 Å². The van der Waals surface area contributed by atoms with Gasteiger partial charge in [-0.1, -0.05) is 29.6 Å². The van der Waals surface area contributed by atoms with Gasteiger partial charge in [-0.15, -0.1) is 0 Å². The predicted octanol–water partition coefficient (Wildman–Crippen LogP) is 4.37. The Balaban J connectivity index is 1.57. The second-order valence-electron chi connectivity index (χ2n) is 9.52. The van der Waals surface area contributed by atoms with E-state index in [1.807, 2.05) is 19.9 Å². The van der Waals surface area contributed by atoms with E-state index in [2.05, 4.69) is 35.4 Å². The zero-order valence-electron chi connectivity index (χ0n) is 21.1. The molecule has 0 saturated carbocycles. The van der Waals surface area contributed by atoms with Crippen molar-refractivity contribution in [1.29, 1.82) is 0 Å². The molecule has 198 valence electrons. The fourth-order valence-corrected chi connectivity index (χ4v) is 5.67. The first kappa shape index (κ1) is 27.5. The van der Waals surface area contributed by atoms with E-state index < -0.39 is 5.54 Å². The monoisotopic (exact) mass is 562 g/mol. The van der Waals surface area contributed by atoms with Crippen molar-refractivity contribution >= 4 is 64.0 Å². The van der Waals surface area contributed by atoms with Gasteiger partial charge in [-0.05, 0) is 89.1 Å². The Labute approximate surface area is 232 Å². The number of halogens is 2. The standard InChI is InChI=1S/C25H32Cl2N8OS/c1-16-14-17(2)30-22(29-16)32-23(33-24(37)31-20-7-6-18(26)15-19(20)27)34-12-8-25(9-13-34,21(28)36)35-10-4-3-5-11-35/h6-7,14-15H,3-5,8-13H2,1-2H3,(H2,28,36)(H2,29,30,31,32,33,37). The van der Waals surface area contributed by atoms with E-state index in [0.29, 0.717) is 53.6 Å². The first-order chi connectivity index (χ1) is 17.7. The van der Waals surface area contributed by atoms with Crippen LogP contribution in [0.15, 0.2) is 29.3 Å². The van der Waals surface area contributed by atoms with Crippen LogP contribution >= 0.6 is 35.4 Å². The van der Waals surface area contributed by atoms with Gasteiger partial charge in [0.05, 0.1) is 10.7 Å². The highest BCUT2D eigenvalue weighted by atomic mass is 35.5.